The van der Waals surface area contributed by atoms with Crippen LogP contribution in [0, 0.1) is 10.1 Å². The zero-order valence-corrected chi connectivity index (χ0v) is 8.55. The maximum atomic E-state index is 10.4. The lowest BCUT2D eigenvalue weighted by atomic mass is 10.1. The highest BCUT2D eigenvalue weighted by molar-refractivity contribution is 5.33. The van der Waals surface area contributed by atoms with Gasteiger partial charge in [-0.3, -0.25) is 10.1 Å². The number of nitrogens with zero attached hydrogens (tertiary/aromatic N) is 1. The molecule has 0 aliphatic heterocycles. The number of rotatable bonds is 5. The summed E-state index contributed by atoms with van der Waals surface area (Å²) in [6.45, 7) is 0.483. The van der Waals surface area contributed by atoms with Gasteiger partial charge in [-0.2, -0.15) is 0 Å². The van der Waals surface area contributed by atoms with Crippen molar-refractivity contribution in [1.29, 1.82) is 0 Å². The van der Waals surface area contributed by atoms with Crippen LogP contribution in [0.3, 0.4) is 0 Å². The normalized spacial score (nSPS) is 12.4. The summed E-state index contributed by atoms with van der Waals surface area (Å²) < 4.78 is 4.90. The lowest BCUT2D eigenvalue weighted by Gasteiger charge is -2.09. The van der Waals surface area contributed by atoms with Crippen LogP contribution in [0.2, 0.25) is 0 Å². The Labute approximate surface area is 88.0 Å². The average Bonchev–Trinajstić information content (AvgIpc) is 2.18. The van der Waals surface area contributed by atoms with Crippen molar-refractivity contribution in [2.24, 2.45) is 5.73 Å². The van der Waals surface area contributed by atoms with Gasteiger partial charge >= 0.3 is 0 Å². The standard InChI is InChI=1S/C10H14N2O3/c1-15-7-9(11)6-8-2-4-10(5-3-8)12(13)14/h2-5,9H,6-7,11H2,1H3. The van der Waals surface area contributed by atoms with E-state index in [4.69, 9.17) is 10.5 Å². The molecule has 5 heteroatoms. The first-order chi connectivity index (χ1) is 7.13. The maximum absolute atomic E-state index is 10.4. The fraction of sp³-hybridized carbons (Fsp3) is 0.400. The molecule has 5 nitrogen and oxygen atoms in total. The van der Waals surface area contributed by atoms with E-state index in [1.807, 2.05) is 0 Å². The van der Waals surface area contributed by atoms with Gasteiger partial charge in [0.05, 0.1) is 11.5 Å². The van der Waals surface area contributed by atoms with E-state index in [1.165, 1.54) is 12.1 Å². The third-order valence-corrected chi connectivity index (χ3v) is 2.03. The molecule has 0 aliphatic rings. The Kier molecular flexibility index (Phi) is 4.20. The summed E-state index contributed by atoms with van der Waals surface area (Å²) >= 11 is 0. The maximum Gasteiger partial charge on any atom is 0.269 e. The highest BCUT2D eigenvalue weighted by Gasteiger charge is 2.06. The van der Waals surface area contributed by atoms with Crippen LogP contribution in [0.4, 0.5) is 5.69 Å². The van der Waals surface area contributed by atoms with Gasteiger partial charge in [0.15, 0.2) is 0 Å². The van der Waals surface area contributed by atoms with Gasteiger partial charge in [-0.1, -0.05) is 12.1 Å². The van der Waals surface area contributed by atoms with Gasteiger partial charge in [-0.25, -0.2) is 0 Å². The van der Waals surface area contributed by atoms with Crippen molar-refractivity contribution >= 4 is 5.69 Å². The lowest BCUT2D eigenvalue weighted by Crippen LogP contribution is -2.27. The van der Waals surface area contributed by atoms with Gasteiger partial charge in [-0.05, 0) is 12.0 Å². The van der Waals surface area contributed by atoms with Crippen molar-refractivity contribution in [2.45, 2.75) is 12.5 Å². The smallest absolute Gasteiger partial charge is 0.269 e. The van der Waals surface area contributed by atoms with Gasteiger partial charge in [-0.15, -0.1) is 0 Å². The molecule has 0 amide bonds. The van der Waals surface area contributed by atoms with Crippen LogP contribution in [0.1, 0.15) is 5.56 Å². The van der Waals surface area contributed by atoms with E-state index in [0.717, 1.165) is 5.56 Å². The minimum absolute atomic E-state index is 0.0727. The zero-order chi connectivity index (χ0) is 11.3. The fourth-order valence-corrected chi connectivity index (χ4v) is 1.33. The van der Waals surface area contributed by atoms with Crippen LogP contribution in [0.5, 0.6) is 0 Å². The van der Waals surface area contributed by atoms with E-state index in [1.54, 1.807) is 19.2 Å². The van der Waals surface area contributed by atoms with Crippen LogP contribution in [-0.4, -0.2) is 24.7 Å². The van der Waals surface area contributed by atoms with Crippen LogP contribution in [-0.2, 0) is 11.2 Å². The van der Waals surface area contributed by atoms with Gasteiger partial charge in [0.2, 0.25) is 0 Å². The first-order valence-corrected chi connectivity index (χ1v) is 4.61. The highest BCUT2D eigenvalue weighted by atomic mass is 16.6. The highest BCUT2D eigenvalue weighted by Crippen LogP contribution is 2.12. The molecule has 0 saturated heterocycles. The Morgan fingerprint density at radius 1 is 1.47 bits per heavy atom. The molecule has 1 unspecified atom stereocenters. The topological polar surface area (TPSA) is 78.4 Å². The quantitative estimate of drug-likeness (QED) is 0.583. The number of nitrogens with two attached hydrogens (primary N) is 1. The summed E-state index contributed by atoms with van der Waals surface area (Å²) in [6, 6.07) is 6.32. The number of ether oxygens (including phenoxy) is 1. The molecule has 0 aliphatic carbocycles. The molecule has 82 valence electrons. The van der Waals surface area contributed by atoms with Gasteiger partial charge < -0.3 is 10.5 Å². The van der Waals surface area contributed by atoms with Crippen molar-refractivity contribution in [2.75, 3.05) is 13.7 Å². The monoisotopic (exact) mass is 210 g/mol. The summed E-state index contributed by atoms with van der Waals surface area (Å²) in [4.78, 5) is 9.98. The molecule has 0 aromatic heterocycles. The summed E-state index contributed by atoms with van der Waals surface area (Å²) in [5, 5.41) is 10.4. The van der Waals surface area contributed by atoms with Gasteiger partial charge in [0.1, 0.15) is 0 Å². The Morgan fingerprint density at radius 2 is 2.07 bits per heavy atom. The number of non-ortho nitro benzene ring substituents is 1. The minimum Gasteiger partial charge on any atom is -0.383 e. The van der Waals surface area contributed by atoms with Crippen molar-refractivity contribution in [1.82, 2.24) is 0 Å². The molecule has 1 rings (SSSR count). The molecular weight excluding hydrogens is 196 g/mol. The Hall–Kier alpha value is -1.46. The number of benzene rings is 1. The van der Waals surface area contributed by atoms with E-state index >= 15 is 0 Å². The molecule has 0 radical (unpaired) electrons. The van der Waals surface area contributed by atoms with Crippen molar-refractivity contribution in [3.63, 3.8) is 0 Å². The lowest BCUT2D eigenvalue weighted by molar-refractivity contribution is -0.384. The second-order valence-electron chi connectivity index (χ2n) is 3.34. The largest absolute Gasteiger partial charge is 0.383 e. The number of hydrogen-bond donors (Lipinski definition) is 1. The molecule has 0 fully saturated rings. The van der Waals surface area contributed by atoms with Crippen molar-refractivity contribution < 1.29 is 9.66 Å². The molecule has 1 atom stereocenters. The summed E-state index contributed by atoms with van der Waals surface area (Å²) in [7, 11) is 1.59. The average molecular weight is 210 g/mol. The van der Waals surface area contributed by atoms with Gasteiger partial charge in [0, 0.05) is 25.3 Å². The van der Waals surface area contributed by atoms with Crippen molar-refractivity contribution in [3.8, 4) is 0 Å². The molecule has 0 heterocycles. The molecular formula is C10H14N2O3. The number of nitro benzene ring substituents is 1. The first kappa shape index (κ1) is 11.6. The van der Waals surface area contributed by atoms with Crippen molar-refractivity contribution in [3.05, 3.63) is 39.9 Å². The Bertz CT molecular complexity index is 324. The zero-order valence-electron chi connectivity index (χ0n) is 8.55. The molecule has 0 bridgehead atoms. The number of nitro groups is 1. The third-order valence-electron chi connectivity index (χ3n) is 2.03. The van der Waals surface area contributed by atoms with Crippen LogP contribution < -0.4 is 5.73 Å². The first-order valence-electron chi connectivity index (χ1n) is 4.61. The number of hydrogen-bond acceptors (Lipinski definition) is 4. The summed E-state index contributed by atoms with van der Waals surface area (Å²) in [6.07, 6.45) is 0.659. The Morgan fingerprint density at radius 3 is 2.53 bits per heavy atom. The second-order valence-corrected chi connectivity index (χ2v) is 3.34. The third kappa shape index (κ3) is 3.65. The molecule has 1 aromatic rings. The van der Waals surface area contributed by atoms with E-state index < -0.39 is 4.92 Å². The van der Waals surface area contributed by atoms with Gasteiger partial charge in [0.25, 0.3) is 5.69 Å². The molecule has 15 heavy (non-hydrogen) atoms. The van der Waals surface area contributed by atoms with E-state index in [2.05, 4.69) is 0 Å². The summed E-state index contributed by atoms with van der Waals surface area (Å²) in [5.74, 6) is 0. The predicted octanol–water partition coefficient (Wildman–Crippen LogP) is 1.11. The van der Waals surface area contributed by atoms with Crippen LogP contribution in [0.25, 0.3) is 0 Å². The van der Waals surface area contributed by atoms with E-state index in [-0.39, 0.29) is 11.7 Å². The van der Waals surface area contributed by atoms with Crippen LogP contribution in [0.15, 0.2) is 24.3 Å². The molecule has 1 aromatic carbocycles. The van der Waals surface area contributed by atoms with E-state index in [0.29, 0.717) is 13.0 Å². The minimum atomic E-state index is -0.418. The SMILES string of the molecule is COCC(N)Cc1ccc([N+](=O)[O-])cc1. The predicted molar refractivity (Wildman–Crippen MR) is 56.7 cm³/mol. The fourth-order valence-electron chi connectivity index (χ4n) is 1.33. The number of methoxy groups -OCH3 is 1. The second kappa shape index (κ2) is 5.43. The molecule has 0 saturated carbocycles. The molecule has 2 N–H and O–H groups in total. The van der Waals surface area contributed by atoms with E-state index in [9.17, 15) is 10.1 Å². The van der Waals surface area contributed by atoms with Crippen LogP contribution >= 0.6 is 0 Å². The Balaban J connectivity index is 2.60. The molecule has 0 spiro atoms. The summed E-state index contributed by atoms with van der Waals surface area (Å²) in [5.41, 5.74) is 6.83.